The van der Waals surface area contributed by atoms with E-state index in [1.54, 1.807) is 6.20 Å². The third kappa shape index (κ3) is 3.37. The van der Waals surface area contributed by atoms with E-state index in [9.17, 15) is 0 Å². The van der Waals surface area contributed by atoms with Crippen LogP contribution in [-0.4, -0.2) is 55.2 Å². The van der Waals surface area contributed by atoms with Crippen LogP contribution in [-0.2, 0) is 11.3 Å². The van der Waals surface area contributed by atoms with E-state index in [2.05, 4.69) is 80.2 Å². The average Bonchev–Trinajstić information content (AvgIpc) is 3.51. The van der Waals surface area contributed by atoms with Crippen molar-refractivity contribution in [2.24, 2.45) is 0 Å². The molecule has 0 aliphatic carbocycles. The zero-order valence-electron chi connectivity index (χ0n) is 18.0. The molecule has 1 aliphatic heterocycles. The summed E-state index contributed by atoms with van der Waals surface area (Å²) in [5.41, 5.74) is 3.94. The largest absolute Gasteiger partial charge is 0.419 e. The number of nitrogens with one attached hydrogen (secondary N) is 1. The van der Waals surface area contributed by atoms with Crippen molar-refractivity contribution in [1.29, 1.82) is 0 Å². The lowest BCUT2D eigenvalue weighted by atomic mass is 10.1. The zero-order chi connectivity index (χ0) is 21.7. The van der Waals surface area contributed by atoms with E-state index in [-0.39, 0.29) is 12.2 Å². The molecule has 8 nitrogen and oxygen atoms in total. The smallest absolute Gasteiger partial charge is 0.248 e. The monoisotopic (exact) mass is 428 g/mol. The van der Waals surface area contributed by atoms with Gasteiger partial charge in [0.2, 0.25) is 11.8 Å². The van der Waals surface area contributed by atoms with Gasteiger partial charge in [0.15, 0.2) is 0 Å². The fourth-order valence-corrected chi connectivity index (χ4v) is 4.69. The lowest BCUT2D eigenvalue weighted by molar-refractivity contribution is -0.0721. The molecule has 6 rings (SSSR count). The molecule has 2 aromatic carbocycles. The Kier molecular flexibility index (Phi) is 4.55. The van der Waals surface area contributed by atoms with Crippen molar-refractivity contribution in [2.75, 3.05) is 13.1 Å². The molecule has 4 heterocycles. The Morgan fingerprint density at radius 1 is 1.06 bits per heavy atom. The molecule has 0 amide bonds. The van der Waals surface area contributed by atoms with Crippen molar-refractivity contribution < 1.29 is 9.15 Å². The van der Waals surface area contributed by atoms with E-state index >= 15 is 0 Å². The molecular formula is C24H24N6O2. The maximum atomic E-state index is 6.12. The Morgan fingerprint density at radius 3 is 2.78 bits per heavy atom. The molecule has 8 heteroatoms. The molecule has 5 aromatic rings. The van der Waals surface area contributed by atoms with Crippen molar-refractivity contribution in [2.45, 2.75) is 32.6 Å². The van der Waals surface area contributed by atoms with Crippen molar-refractivity contribution in [1.82, 2.24) is 29.9 Å². The Hall–Kier alpha value is -3.49. The Balaban J connectivity index is 1.38. The summed E-state index contributed by atoms with van der Waals surface area (Å²) in [5, 5.41) is 18.2. The molecule has 0 radical (unpaired) electrons. The predicted octanol–water partition coefficient (Wildman–Crippen LogP) is 4.17. The van der Waals surface area contributed by atoms with Crippen LogP contribution in [0.25, 0.3) is 38.9 Å². The van der Waals surface area contributed by atoms with Crippen LogP contribution in [0.15, 0.2) is 59.3 Å². The normalized spacial score (nSPS) is 19.8. The maximum Gasteiger partial charge on any atom is 0.248 e. The van der Waals surface area contributed by atoms with E-state index in [4.69, 9.17) is 9.15 Å². The highest BCUT2D eigenvalue weighted by atomic mass is 16.5. The number of aromatic nitrogens is 5. The van der Waals surface area contributed by atoms with Crippen LogP contribution in [0.5, 0.6) is 0 Å². The molecule has 162 valence electrons. The first-order valence-corrected chi connectivity index (χ1v) is 10.9. The highest BCUT2D eigenvalue weighted by Gasteiger charge is 2.24. The summed E-state index contributed by atoms with van der Waals surface area (Å²) in [5.74, 6) is 1.11. The molecule has 1 saturated heterocycles. The highest BCUT2D eigenvalue weighted by molar-refractivity contribution is 5.94. The summed E-state index contributed by atoms with van der Waals surface area (Å²) in [6.07, 6.45) is 4.27. The number of aromatic amines is 1. The third-order valence-corrected chi connectivity index (χ3v) is 5.97. The molecule has 0 bridgehead atoms. The molecule has 3 aromatic heterocycles. The number of nitrogens with zero attached hydrogens (tertiary/aromatic N) is 5. The highest BCUT2D eigenvalue weighted by Crippen LogP contribution is 2.31. The lowest BCUT2D eigenvalue weighted by Gasteiger charge is -2.34. The summed E-state index contributed by atoms with van der Waals surface area (Å²) < 4.78 is 14.1. The van der Waals surface area contributed by atoms with Gasteiger partial charge >= 0.3 is 0 Å². The maximum absolute atomic E-state index is 6.12. The Labute approximate surface area is 184 Å². The summed E-state index contributed by atoms with van der Waals surface area (Å²) in [7, 11) is 0. The summed E-state index contributed by atoms with van der Waals surface area (Å²) in [6.45, 7) is 6.50. The van der Waals surface area contributed by atoms with Crippen molar-refractivity contribution in [3.05, 3.63) is 60.7 Å². The molecule has 2 unspecified atom stereocenters. The SMILES string of the molecule is CC1CN(Cc2nnc(-c3cc(-n4ccc5ccccc54)cc4[nH]ncc34)o2)CC(C)O1. The van der Waals surface area contributed by atoms with Gasteiger partial charge in [-0.1, -0.05) is 18.2 Å². The number of para-hydroxylation sites is 1. The van der Waals surface area contributed by atoms with Crippen LogP contribution < -0.4 is 0 Å². The van der Waals surface area contributed by atoms with Crippen LogP contribution >= 0.6 is 0 Å². The van der Waals surface area contributed by atoms with Gasteiger partial charge in [-0.15, -0.1) is 10.2 Å². The summed E-state index contributed by atoms with van der Waals surface area (Å²) >= 11 is 0. The second-order valence-corrected chi connectivity index (χ2v) is 8.52. The van der Waals surface area contributed by atoms with Crippen LogP contribution in [0.3, 0.4) is 0 Å². The standard InChI is InChI=1S/C24H24N6O2/c1-15-12-29(13-16(2)31-15)14-23-27-28-24(32-23)19-9-18(10-21-20(19)11-25-26-21)30-8-7-17-5-3-4-6-22(17)30/h3-11,15-16H,12-14H2,1-2H3,(H,25,26). The number of rotatable bonds is 4. The molecular weight excluding hydrogens is 404 g/mol. The fraction of sp³-hybridized carbons (Fsp3) is 0.292. The average molecular weight is 428 g/mol. The minimum Gasteiger partial charge on any atom is -0.419 e. The van der Waals surface area contributed by atoms with Crippen LogP contribution in [0.4, 0.5) is 0 Å². The van der Waals surface area contributed by atoms with Gasteiger partial charge in [0.25, 0.3) is 0 Å². The number of hydrogen-bond acceptors (Lipinski definition) is 6. The second-order valence-electron chi connectivity index (χ2n) is 8.52. The number of hydrogen-bond donors (Lipinski definition) is 1. The first-order valence-electron chi connectivity index (χ1n) is 10.9. The van der Waals surface area contributed by atoms with E-state index < -0.39 is 0 Å². The van der Waals surface area contributed by atoms with Gasteiger partial charge in [0, 0.05) is 30.4 Å². The Bertz CT molecular complexity index is 1390. The number of H-pyrrole nitrogens is 1. The number of fused-ring (bicyclic) bond motifs is 2. The predicted molar refractivity (Wildman–Crippen MR) is 122 cm³/mol. The first kappa shape index (κ1) is 19.2. The second kappa shape index (κ2) is 7.58. The fourth-order valence-electron chi connectivity index (χ4n) is 4.69. The van der Waals surface area contributed by atoms with Crippen LogP contribution in [0, 0.1) is 0 Å². The van der Waals surface area contributed by atoms with Gasteiger partial charge < -0.3 is 13.7 Å². The van der Waals surface area contributed by atoms with Crippen LogP contribution in [0.1, 0.15) is 19.7 Å². The van der Waals surface area contributed by atoms with Gasteiger partial charge in [-0.3, -0.25) is 10.00 Å². The van der Waals surface area contributed by atoms with Gasteiger partial charge in [0.05, 0.1) is 41.5 Å². The number of benzene rings is 2. The number of morpholine rings is 1. The van der Waals surface area contributed by atoms with Crippen molar-refractivity contribution in [3.8, 4) is 17.1 Å². The molecule has 32 heavy (non-hydrogen) atoms. The van der Waals surface area contributed by atoms with Gasteiger partial charge in [-0.2, -0.15) is 5.10 Å². The molecule has 0 spiro atoms. The molecule has 1 fully saturated rings. The van der Waals surface area contributed by atoms with E-state index in [1.165, 1.54) is 5.39 Å². The minimum atomic E-state index is 0.194. The summed E-state index contributed by atoms with van der Waals surface area (Å²) in [4.78, 5) is 2.30. The number of ether oxygens (including phenoxy) is 1. The minimum absolute atomic E-state index is 0.194. The van der Waals surface area contributed by atoms with Crippen molar-refractivity contribution in [3.63, 3.8) is 0 Å². The molecule has 2 atom stereocenters. The van der Waals surface area contributed by atoms with Gasteiger partial charge in [0.1, 0.15) is 0 Å². The third-order valence-electron chi connectivity index (χ3n) is 5.97. The molecule has 1 aliphatic rings. The lowest BCUT2D eigenvalue weighted by Crippen LogP contribution is -2.44. The molecule has 0 saturated carbocycles. The molecule has 1 N–H and O–H groups in total. The van der Waals surface area contributed by atoms with E-state index in [1.807, 2.05) is 12.1 Å². The van der Waals surface area contributed by atoms with Gasteiger partial charge in [-0.05, 0) is 43.5 Å². The van der Waals surface area contributed by atoms with E-state index in [0.29, 0.717) is 18.3 Å². The zero-order valence-corrected chi connectivity index (χ0v) is 18.0. The first-order chi connectivity index (χ1) is 15.6. The van der Waals surface area contributed by atoms with Gasteiger partial charge in [-0.25, -0.2) is 0 Å². The quantitative estimate of drug-likeness (QED) is 0.463. The summed E-state index contributed by atoms with van der Waals surface area (Å²) in [6, 6.07) is 14.6. The van der Waals surface area contributed by atoms with Crippen molar-refractivity contribution >= 4 is 21.8 Å². The van der Waals surface area contributed by atoms with Crippen LogP contribution in [0.2, 0.25) is 0 Å². The van der Waals surface area contributed by atoms with E-state index in [0.717, 1.165) is 40.8 Å². The topological polar surface area (TPSA) is 85.0 Å². The Morgan fingerprint density at radius 2 is 1.91 bits per heavy atom.